The van der Waals surface area contributed by atoms with Gasteiger partial charge in [0.1, 0.15) is 0 Å². The molecule has 2 atom stereocenters. The average molecular weight is 220 g/mol. The van der Waals surface area contributed by atoms with E-state index >= 15 is 0 Å². The van der Waals surface area contributed by atoms with Crippen LogP contribution in [-0.4, -0.2) is 17.8 Å². The number of aliphatic hydroxyl groups excluding tert-OH is 1. The van der Waals surface area contributed by atoms with Crippen molar-refractivity contribution in [3.63, 3.8) is 0 Å². The lowest BCUT2D eigenvalue weighted by Crippen LogP contribution is -2.23. The van der Waals surface area contributed by atoms with E-state index in [-0.39, 0.29) is 5.92 Å². The van der Waals surface area contributed by atoms with Crippen LogP contribution in [0.5, 0.6) is 0 Å². The predicted molar refractivity (Wildman–Crippen MR) is 66.1 cm³/mol. The number of aliphatic hydroxyl groups is 1. The highest BCUT2D eigenvalue weighted by Crippen LogP contribution is 2.11. The molecule has 0 bridgehead atoms. The van der Waals surface area contributed by atoms with Crippen molar-refractivity contribution in [2.45, 2.75) is 26.1 Å². The number of ether oxygens (including phenoxy) is 1. The smallest absolute Gasteiger partial charge is 0.0836 e. The Kier molecular flexibility index (Phi) is 5.83. The molecule has 2 nitrogen and oxygen atoms in total. The fraction of sp³-hybridized carbons (Fsp3) is 0.429. The van der Waals surface area contributed by atoms with Gasteiger partial charge in [-0.3, -0.25) is 0 Å². The van der Waals surface area contributed by atoms with Crippen LogP contribution < -0.4 is 0 Å². The minimum Gasteiger partial charge on any atom is -0.390 e. The van der Waals surface area contributed by atoms with Crippen LogP contribution >= 0.6 is 0 Å². The molecule has 0 aliphatic rings. The molecular weight excluding hydrogens is 200 g/mol. The Balaban J connectivity index is 2.27. The van der Waals surface area contributed by atoms with Gasteiger partial charge in [0.2, 0.25) is 0 Å². The third kappa shape index (κ3) is 4.17. The van der Waals surface area contributed by atoms with Crippen molar-refractivity contribution in [3.8, 4) is 0 Å². The van der Waals surface area contributed by atoms with Crippen LogP contribution in [0.15, 0.2) is 43.0 Å². The Morgan fingerprint density at radius 2 is 2.06 bits per heavy atom. The van der Waals surface area contributed by atoms with Crippen molar-refractivity contribution in [2.75, 3.05) is 6.61 Å². The second kappa shape index (κ2) is 7.20. The molecule has 0 unspecified atom stereocenters. The first kappa shape index (κ1) is 12.9. The summed E-state index contributed by atoms with van der Waals surface area (Å²) in [4.78, 5) is 0. The minimum atomic E-state index is -0.453. The van der Waals surface area contributed by atoms with Crippen molar-refractivity contribution in [2.24, 2.45) is 5.92 Å². The minimum absolute atomic E-state index is 0.121. The van der Waals surface area contributed by atoms with E-state index in [4.69, 9.17) is 4.74 Å². The molecule has 1 aromatic rings. The summed E-state index contributed by atoms with van der Waals surface area (Å²) in [7, 11) is 0. The van der Waals surface area contributed by atoms with Gasteiger partial charge in [-0.05, 0) is 12.0 Å². The van der Waals surface area contributed by atoms with Gasteiger partial charge in [-0.1, -0.05) is 43.3 Å². The number of hydrogen-bond acceptors (Lipinski definition) is 2. The fourth-order valence-electron chi connectivity index (χ4n) is 1.59. The van der Waals surface area contributed by atoms with E-state index in [1.165, 1.54) is 0 Å². The van der Waals surface area contributed by atoms with E-state index in [1.54, 1.807) is 6.08 Å². The summed E-state index contributed by atoms with van der Waals surface area (Å²) in [6.07, 6.45) is 2.22. The molecule has 88 valence electrons. The Hall–Kier alpha value is -1.12. The molecule has 0 heterocycles. The van der Waals surface area contributed by atoms with Crippen molar-refractivity contribution in [3.05, 3.63) is 48.6 Å². The molecule has 0 aliphatic carbocycles. The average Bonchev–Trinajstić information content (AvgIpc) is 2.32. The molecule has 1 aromatic carbocycles. The first-order valence-electron chi connectivity index (χ1n) is 5.70. The summed E-state index contributed by atoms with van der Waals surface area (Å²) in [5.74, 6) is 0.121. The lowest BCUT2D eigenvalue weighted by Gasteiger charge is -2.17. The van der Waals surface area contributed by atoms with Gasteiger partial charge in [-0.15, -0.1) is 6.58 Å². The summed E-state index contributed by atoms with van der Waals surface area (Å²) < 4.78 is 5.47. The highest BCUT2D eigenvalue weighted by Gasteiger charge is 2.13. The molecule has 2 heteroatoms. The molecule has 0 fully saturated rings. The second-order valence-electron chi connectivity index (χ2n) is 3.88. The first-order valence-corrected chi connectivity index (χ1v) is 5.70. The second-order valence-corrected chi connectivity index (χ2v) is 3.88. The maximum Gasteiger partial charge on any atom is 0.0836 e. The molecular formula is C14H20O2. The molecule has 1 rings (SSSR count). The lowest BCUT2D eigenvalue weighted by atomic mass is 10.0. The largest absolute Gasteiger partial charge is 0.390 e. The van der Waals surface area contributed by atoms with E-state index in [0.717, 1.165) is 12.0 Å². The molecule has 0 spiro atoms. The summed E-state index contributed by atoms with van der Waals surface area (Å²) in [6, 6.07) is 9.96. The van der Waals surface area contributed by atoms with Gasteiger partial charge in [-0.2, -0.15) is 0 Å². The van der Waals surface area contributed by atoms with E-state index < -0.39 is 6.10 Å². The molecule has 16 heavy (non-hydrogen) atoms. The molecule has 1 N–H and O–H groups in total. The van der Waals surface area contributed by atoms with Gasteiger partial charge in [0.05, 0.1) is 19.3 Å². The van der Waals surface area contributed by atoms with Gasteiger partial charge < -0.3 is 9.84 Å². The van der Waals surface area contributed by atoms with Crippen LogP contribution in [0.25, 0.3) is 0 Å². The van der Waals surface area contributed by atoms with Crippen LogP contribution in [0.2, 0.25) is 0 Å². The lowest BCUT2D eigenvalue weighted by molar-refractivity contribution is 0.00766. The van der Waals surface area contributed by atoms with E-state index in [0.29, 0.717) is 13.2 Å². The first-order chi connectivity index (χ1) is 7.77. The normalized spacial score (nSPS) is 14.4. The van der Waals surface area contributed by atoms with Gasteiger partial charge in [-0.25, -0.2) is 0 Å². The Labute approximate surface area is 97.6 Å². The molecule has 0 radical (unpaired) electrons. The van der Waals surface area contributed by atoms with Gasteiger partial charge >= 0.3 is 0 Å². The quantitative estimate of drug-likeness (QED) is 0.716. The molecule has 0 amide bonds. The predicted octanol–water partition coefficient (Wildman–Crippen LogP) is 2.78. The Morgan fingerprint density at radius 3 is 2.62 bits per heavy atom. The molecule has 0 saturated carbocycles. The number of benzene rings is 1. The monoisotopic (exact) mass is 220 g/mol. The summed E-state index contributed by atoms with van der Waals surface area (Å²) >= 11 is 0. The third-order valence-corrected chi connectivity index (χ3v) is 2.67. The van der Waals surface area contributed by atoms with Crippen molar-refractivity contribution >= 4 is 0 Å². The maximum atomic E-state index is 9.79. The van der Waals surface area contributed by atoms with E-state index in [9.17, 15) is 5.11 Å². The SMILES string of the molecule is C=C[C@H](CC)[C@H](O)COCc1ccccc1. The van der Waals surface area contributed by atoms with Gasteiger partial charge in [0.25, 0.3) is 0 Å². The van der Waals surface area contributed by atoms with Gasteiger partial charge in [0, 0.05) is 5.92 Å². The molecule has 0 aliphatic heterocycles. The van der Waals surface area contributed by atoms with Gasteiger partial charge in [0.15, 0.2) is 0 Å². The summed E-state index contributed by atoms with van der Waals surface area (Å²) in [6.45, 7) is 6.65. The number of rotatable bonds is 7. The van der Waals surface area contributed by atoms with Crippen molar-refractivity contribution in [1.82, 2.24) is 0 Å². The standard InChI is InChI=1S/C14H20O2/c1-3-13(4-2)14(15)11-16-10-12-8-6-5-7-9-12/h3,5-9,13-15H,1,4,10-11H2,2H3/t13-,14-/m1/s1. The summed E-state index contributed by atoms with van der Waals surface area (Å²) in [5, 5.41) is 9.79. The zero-order chi connectivity index (χ0) is 11.8. The third-order valence-electron chi connectivity index (χ3n) is 2.67. The van der Waals surface area contributed by atoms with Crippen LogP contribution in [0.3, 0.4) is 0 Å². The van der Waals surface area contributed by atoms with Crippen LogP contribution in [0.4, 0.5) is 0 Å². The molecule has 0 saturated heterocycles. The Morgan fingerprint density at radius 1 is 1.38 bits per heavy atom. The number of hydrogen-bond donors (Lipinski definition) is 1. The Bertz CT molecular complexity index is 295. The highest BCUT2D eigenvalue weighted by molar-refractivity contribution is 5.13. The fourth-order valence-corrected chi connectivity index (χ4v) is 1.59. The van der Waals surface area contributed by atoms with Crippen molar-refractivity contribution in [1.29, 1.82) is 0 Å². The zero-order valence-corrected chi connectivity index (χ0v) is 9.80. The molecule has 0 aromatic heterocycles. The highest BCUT2D eigenvalue weighted by atomic mass is 16.5. The van der Waals surface area contributed by atoms with Crippen LogP contribution in [0.1, 0.15) is 18.9 Å². The summed E-state index contributed by atoms with van der Waals surface area (Å²) in [5.41, 5.74) is 1.13. The van der Waals surface area contributed by atoms with Crippen molar-refractivity contribution < 1.29 is 9.84 Å². The van der Waals surface area contributed by atoms with E-state index in [1.807, 2.05) is 37.3 Å². The van der Waals surface area contributed by atoms with Crippen LogP contribution in [-0.2, 0) is 11.3 Å². The maximum absolute atomic E-state index is 9.79. The zero-order valence-electron chi connectivity index (χ0n) is 9.80. The topological polar surface area (TPSA) is 29.5 Å². The van der Waals surface area contributed by atoms with Crippen LogP contribution in [0, 0.1) is 5.92 Å². The van der Waals surface area contributed by atoms with E-state index in [2.05, 4.69) is 6.58 Å².